The molecule has 6 nitrogen and oxygen atoms in total. The van der Waals surface area contributed by atoms with Gasteiger partial charge in [0.1, 0.15) is 0 Å². The van der Waals surface area contributed by atoms with Gasteiger partial charge in [-0.3, -0.25) is 9.69 Å². The van der Waals surface area contributed by atoms with Crippen LogP contribution < -0.4 is 4.90 Å². The third-order valence-electron chi connectivity index (χ3n) is 6.69. The van der Waals surface area contributed by atoms with Crippen LogP contribution in [0.15, 0.2) is 24.3 Å². The molecular formula is C21H31N3O3S. The highest BCUT2D eigenvalue weighted by Gasteiger charge is 2.42. The number of benzene rings is 1. The highest BCUT2D eigenvalue weighted by molar-refractivity contribution is 7.88. The number of para-hydroxylation sites is 1. The summed E-state index contributed by atoms with van der Waals surface area (Å²) in [5.74, 6) is 0.0161. The third kappa shape index (κ3) is 3.84. The van der Waals surface area contributed by atoms with E-state index in [1.165, 1.54) is 25.5 Å². The van der Waals surface area contributed by atoms with Crippen LogP contribution in [0.1, 0.15) is 51.0 Å². The second-order valence-corrected chi connectivity index (χ2v) is 10.5. The molecule has 1 amide bonds. The summed E-state index contributed by atoms with van der Waals surface area (Å²) in [4.78, 5) is 16.8. The molecule has 1 saturated carbocycles. The maximum Gasteiger partial charge on any atom is 0.223 e. The molecular weight excluding hydrogens is 374 g/mol. The molecule has 28 heavy (non-hydrogen) atoms. The molecule has 2 bridgehead atoms. The lowest BCUT2D eigenvalue weighted by atomic mass is 9.90. The minimum absolute atomic E-state index is 0.0161. The Kier molecular flexibility index (Phi) is 5.51. The Morgan fingerprint density at radius 3 is 2.36 bits per heavy atom. The number of carbonyl (C=O) groups is 1. The van der Waals surface area contributed by atoms with Gasteiger partial charge in [-0.2, -0.15) is 4.31 Å². The van der Waals surface area contributed by atoms with Gasteiger partial charge in [-0.25, -0.2) is 8.42 Å². The van der Waals surface area contributed by atoms with Gasteiger partial charge >= 0.3 is 0 Å². The molecule has 7 heteroatoms. The fraction of sp³-hybridized carbons (Fsp3) is 0.667. The van der Waals surface area contributed by atoms with Gasteiger partial charge in [0, 0.05) is 50.4 Å². The van der Waals surface area contributed by atoms with Crippen LogP contribution in [0.2, 0.25) is 0 Å². The fourth-order valence-electron chi connectivity index (χ4n) is 5.14. The Hall–Kier alpha value is -1.44. The molecule has 154 valence electrons. The van der Waals surface area contributed by atoms with Gasteiger partial charge in [0.2, 0.25) is 15.9 Å². The van der Waals surface area contributed by atoms with Crippen LogP contribution in [0.25, 0.3) is 0 Å². The van der Waals surface area contributed by atoms with Gasteiger partial charge in [0.15, 0.2) is 0 Å². The van der Waals surface area contributed by atoms with E-state index in [-0.39, 0.29) is 18.0 Å². The number of hydrogen-bond acceptors (Lipinski definition) is 4. The van der Waals surface area contributed by atoms with Gasteiger partial charge < -0.3 is 4.90 Å². The standard InChI is InChI=1S/C21H31N3O3S/c1-16(25)23-13-12-19-10-11-20(24(19)28(2,26)27)15-22(18-7-5-8-18)14-17-6-3-4-9-21(17)23/h3-4,6,9,18-20H,5,7-8,10-15H2,1-2H3/t19-,20+/m1/s1. The molecule has 2 atom stereocenters. The molecule has 1 aromatic rings. The summed E-state index contributed by atoms with van der Waals surface area (Å²) in [5, 5.41) is 0. The summed E-state index contributed by atoms with van der Waals surface area (Å²) < 4.78 is 27.0. The Morgan fingerprint density at radius 2 is 1.71 bits per heavy atom. The van der Waals surface area contributed by atoms with E-state index in [9.17, 15) is 13.2 Å². The lowest BCUT2D eigenvalue weighted by molar-refractivity contribution is -0.116. The summed E-state index contributed by atoms with van der Waals surface area (Å²) in [5.41, 5.74) is 2.14. The molecule has 1 aromatic carbocycles. The molecule has 2 fully saturated rings. The van der Waals surface area contributed by atoms with Crippen molar-refractivity contribution in [2.24, 2.45) is 0 Å². The monoisotopic (exact) mass is 405 g/mol. The topological polar surface area (TPSA) is 60.9 Å². The SMILES string of the molecule is CC(=O)N1CC[C@H]2CC[C@@H](CN(C3CCC3)Cc3ccccc31)N2S(C)(=O)=O. The predicted octanol–water partition coefficient (Wildman–Crippen LogP) is 2.59. The van der Waals surface area contributed by atoms with Crippen molar-refractivity contribution in [3.05, 3.63) is 29.8 Å². The highest BCUT2D eigenvalue weighted by Crippen LogP contribution is 2.35. The number of carbonyl (C=O) groups excluding carboxylic acids is 1. The van der Waals surface area contributed by atoms with Crippen molar-refractivity contribution in [2.45, 2.75) is 70.1 Å². The van der Waals surface area contributed by atoms with Gasteiger partial charge in [-0.1, -0.05) is 24.6 Å². The number of sulfonamides is 1. The average molecular weight is 406 g/mol. The summed E-state index contributed by atoms with van der Waals surface area (Å²) in [7, 11) is -3.28. The Morgan fingerprint density at radius 1 is 1.00 bits per heavy atom. The number of hydrogen-bond donors (Lipinski definition) is 0. The highest BCUT2D eigenvalue weighted by atomic mass is 32.2. The van der Waals surface area contributed by atoms with Crippen molar-refractivity contribution >= 4 is 21.6 Å². The summed E-state index contributed by atoms with van der Waals surface area (Å²) in [6.07, 6.45) is 7.39. The van der Waals surface area contributed by atoms with Crippen LogP contribution in [-0.4, -0.2) is 61.0 Å². The predicted molar refractivity (Wildman–Crippen MR) is 111 cm³/mol. The van der Waals surface area contributed by atoms with Crippen LogP contribution in [0.4, 0.5) is 5.69 Å². The molecule has 0 radical (unpaired) electrons. The maximum absolute atomic E-state index is 12.6. The second-order valence-electron chi connectivity index (χ2n) is 8.58. The zero-order valence-electron chi connectivity index (χ0n) is 16.9. The number of fused-ring (bicyclic) bond motifs is 3. The zero-order chi connectivity index (χ0) is 19.9. The van der Waals surface area contributed by atoms with E-state index in [0.29, 0.717) is 19.0 Å². The average Bonchev–Trinajstić information content (AvgIpc) is 2.95. The molecule has 1 saturated heterocycles. The van der Waals surface area contributed by atoms with Gasteiger partial charge in [-0.15, -0.1) is 0 Å². The van der Waals surface area contributed by atoms with E-state index in [2.05, 4.69) is 11.0 Å². The number of anilines is 1. The summed E-state index contributed by atoms with van der Waals surface area (Å²) in [6.45, 7) is 3.71. The number of nitrogens with zero attached hydrogens (tertiary/aromatic N) is 3. The third-order valence-corrected chi connectivity index (χ3v) is 8.06. The van der Waals surface area contributed by atoms with Crippen LogP contribution >= 0.6 is 0 Å². The smallest absolute Gasteiger partial charge is 0.223 e. The zero-order valence-corrected chi connectivity index (χ0v) is 17.7. The van der Waals surface area contributed by atoms with Gasteiger partial charge in [-0.05, 0) is 43.7 Å². The molecule has 2 heterocycles. The molecule has 2 aliphatic heterocycles. The van der Waals surface area contributed by atoms with Crippen molar-refractivity contribution < 1.29 is 13.2 Å². The normalized spacial score (nSPS) is 27.7. The molecule has 4 rings (SSSR count). The Bertz CT molecular complexity index is 837. The lowest BCUT2D eigenvalue weighted by Crippen LogP contribution is -2.49. The largest absolute Gasteiger partial charge is 0.312 e. The Labute approximate surface area is 168 Å². The van der Waals surface area contributed by atoms with Crippen molar-refractivity contribution in [2.75, 3.05) is 24.2 Å². The van der Waals surface area contributed by atoms with Gasteiger partial charge in [0.05, 0.1) is 6.26 Å². The number of rotatable bonds is 2. The van der Waals surface area contributed by atoms with Gasteiger partial charge in [0.25, 0.3) is 0 Å². The second kappa shape index (κ2) is 7.76. The van der Waals surface area contributed by atoms with Crippen LogP contribution in [0.5, 0.6) is 0 Å². The van der Waals surface area contributed by atoms with E-state index in [4.69, 9.17) is 0 Å². The van der Waals surface area contributed by atoms with E-state index < -0.39 is 10.0 Å². The van der Waals surface area contributed by atoms with E-state index in [1.54, 1.807) is 11.2 Å². The lowest BCUT2D eigenvalue weighted by Gasteiger charge is -2.40. The van der Waals surface area contributed by atoms with E-state index in [0.717, 1.165) is 37.2 Å². The van der Waals surface area contributed by atoms with Crippen LogP contribution in [-0.2, 0) is 21.4 Å². The van der Waals surface area contributed by atoms with E-state index in [1.807, 2.05) is 23.1 Å². The van der Waals surface area contributed by atoms with E-state index >= 15 is 0 Å². The quantitative estimate of drug-likeness (QED) is 0.759. The van der Waals surface area contributed by atoms with Crippen LogP contribution in [0, 0.1) is 0 Å². The van der Waals surface area contributed by atoms with Crippen molar-refractivity contribution in [3.63, 3.8) is 0 Å². The maximum atomic E-state index is 12.6. The van der Waals surface area contributed by atoms with Crippen LogP contribution in [0.3, 0.4) is 0 Å². The Balaban J connectivity index is 1.74. The fourth-order valence-corrected chi connectivity index (χ4v) is 6.61. The first-order valence-corrected chi connectivity index (χ1v) is 12.3. The minimum atomic E-state index is -3.28. The molecule has 0 aromatic heterocycles. The molecule has 0 N–H and O–H groups in total. The summed E-state index contributed by atoms with van der Waals surface area (Å²) in [6, 6.07) is 8.69. The summed E-state index contributed by atoms with van der Waals surface area (Å²) >= 11 is 0. The van der Waals surface area contributed by atoms with Crippen molar-refractivity contribution in [1.82, 2.24) is 9.21 Å². The van der Waals surface area contributed by atoms with Crippen molar-refractivity contribution in [3.8, 4) is 0 Å². The first-order valence-electron chi connectivity index (χ1n) is 10.4. The van der Waals surface area contributed by atoms with Crippen molar-refractivity contribution in [1.29, 1.82) is 0 Å². The first-order chi connectivity index (χ1) is 13.3. The number of amides is 1. The molecule has 0 unspecified atom stereocenters. The molecule has 1 aliphatic carbocycles. The molecule has 3 aliphatic rings. The first kappa shape index (κ1) is 19.9. The minimum Gasteiger partial charge on any atom is -0.312 e. The molecule has 0 spiro atoms.